The summed E-state index contributed by atoms with van der Waals surface area (Å²) in [5.41, 5.74) is 0.646. The molecule has 1 spiro atoms. The number of amides is 1. The molecule has 0 atom stereocenters. The fourth-order valence-corrected chi connectivity index (χ4v) is 5.28. The average molecular weight is 460 g/mol. The predicted octanol–water partition coefficient (Wildman–Crippen LogP) is 5.28. The van der Waals surface area contributed by atoms with E-state index in [1.165, 1.54) is 18.2 Å². The summed E-state index contributed by atoms with van der Waals surface area (Å²) in [7, 11) is 0. The van der Waals surface area contributed by atoms with Gasteiger partial charge in [-0.2, -0.15) is 0 Å². The first kappa shape index (κ1) is 24.3. The molecule has 1 aromatic carbocycles. The number of nitrogens with one attached hydrogen (secondary N) is 1. The van der Waals surface area contributed by atoms with Gasteiger partial charge in [-0.05, 0) is 49.9 Å². The highest BCUT2D eigenvalue weighted by atomic mass is 35.5. The number of carbonyl (C=O) groups excluding carboxylic acids is 1. The molecule has 174 valence electrons. The highest BCUT2D eigenvalue weighted by molar-refractivity contribution is 6.30. The van der Waals surface area contributed by atoms with Crippen molar-refractivity contribution >= 4 is 23.2 Å². The van der Waals surface area contributed by atoms with Crippen molar-refractivity contribution < 1.29 is 18.0 Å². The van der Waals surface area contributed by atoms with E-state index >= 15 is 0 Å². The maximum absolute atomic E-state index is 13.3. The standard InChI is InChI=1S/C21H27ClF3N3O.C2H6/c22-16-7-17(23)9-18(8-16)26-19(29)10-28-13-20(14-28)11-27(12-20)6-3-15-1-4-21(24,25)5-2-15;1-2/h7-9,15H,1-6,10-14H2,(H,26,29);1-2H3. The first-order chi connectivity index (χ1) is 14.7. The van der Waals surface area contributed by atoms with Gasteiger partial charge in [0.1, 0.15) is 5.82 Å². The molecule has 2 saturated heterocycles. The van der Waals surface area contributed by atoms with Gasteiger partial charge in [-0.25, -0.2) is 13.2 Å². The zero-order valence-electron chi connectivity index (χ0n) is 18.4. The van der Waals surface area contributed by atoms with Crippen LogP contribution in [0, 0.1) is 17.2 Å². The molecule has 3 fully saturated rings. The van der Waals surface area contributed by atoms with Crippen LogP contribution in [0.4, 0.5) is 18.9 Å². The van der Waals surface area contributed by atoms with Crippen molar-refractivity contribution in [3.05, 3.63) is 29.0 Å². The Labute approximate surface area is 188 Å². The van der Waals surface area contributed by atoms with Gasteiger partial charge >= 0.3 is 0 Å². The maximum Gasteiger partial charge on any atom is 0.248 e. The third-order valence-electron chi connectivity index (χ3n) is 6.44. The zero-order valence-corrected chi connectivity index (χ0v) is 19.2. The van der Waals surface area contributed by atoms with Crippen molar-refractivity contribution in [1.29, 1.82) is 0 Å². The van der Waals surface area contributed by atoms with Gasteiger partial charge in [0.05, 0.1) is 6.54 Å². The van der Waals surface area contributed by atoms with Crippen LogP contribution in [0.5, 0.6) is 0 Å². The number of hydrogen-bond acceptors (Lipinski definition) is 3. The van der Waals surface area contributed by atoms with Crippen LogP contribution in [0.1, 0.15) is 46.0 Å². The lowest BCUT2D eigenvalue weighted by Crippen LogP contribution is -2.72. The molecule has 2 heterocycles. The van der Waals surface area contributed by atoms with Gasteiger partial charge in [-0.1, -0.05) is 25.4 Å². The first-order valence-electron chi connectivity index (χ1n) is 11.3. The lowest BCUT2D eigenvalue weighted by Gasteiger charge is -2.60. The van der Waals surface area contributed by atoms with Crippen LogP contribution in [0.3, 0.4) is 0 Å². The van der Waals surface area contributed by atoms with Crippen LogP contribution in [-0.2, 0) is 4.79 Å². The topological polar surface area (TPSA) is 35.6 Å². The third-order valence-corrected chi connectivity index (χ3v) is 6.66. The summed E-state index contributed by atoms with van der Waals surface area (Å²) >= 11 is 5.80. The van der Waals surface area contributed by atoms with Gasteiger partial charge in [-0.3, -0.25) is 9.69 Å². The van der Waals surface area contributed by atoms with Crippen molar-refractivity contribution in [1.82, 2.24) is 9.80 Å². The van der Waals surface area contributed by atoms with Crippen molar-refractivity contribution in [3.8, 4) is 0 Å². The van der Waals surface area contributed by atoms with Crippen molar-refractivity contribution in [3.63, 3.8) is 0 Å². The number of halogens is 4. The van der Waals surface area contributed by atoms with E-state index in [4.69, 9.17) is 11.6 Å². The SMILES string of the molecule is CC.O=C(CN1CC2(CN(CCC3CCC(F)(F)CC3)C2)C1)Nc1cc(F)cc(Cl)c1. The molecule has 1 aliphatic carbocycles. The fourth-order valence-electron chi connectivity index (χ4n) is 5.06. The molecule has 0 unspecified atom stereocenters. The summed E-state index contributed by atoms with van der Waals surface area (Å²) in [6, 6.07) is 3.97. The first-order valence-corrected chi connectivity index (χ1v) is 11.7. The molecule has 4 rings (SSSR count). The Morgan fingerprint density at radius 1 is 1.10 bits per heavy atom. The normalized spacial score (nSPS) is 22.8. The Bertz CT molecular complexity index is 732. The highest BCUT2D eigenvalue weighted by Gasteiger charge is 2.51. The van der Waals surface area contributed by atoms with E-state index in [1.54, 1.807) is 0 Å². The lowest BCUT2D eigenvalue weighted by atomic mass is 9.72. The second-order valence-corrected chi connectivity index (χ2v) is 9.59. The van der Waals surface area contributed by atoms with Crippen LogP contribution in [0.25, 0.3) is 0 Å². The highest BCUT2D eigenvalue weighted by Crippen LogP contribution is 2.41. The minimum Gasteiger partial charge on any atom is -0.325 e. The van der Waals surface area contributed by atoms with Crippen LogP contribution in [0.2, 0.25) is 5.02 Å². The number of nitrogens with zero attached hydrogens (tertiary/aromatic N) is 2. The zero-order chi connectivity index (χ0) is 22.6. The van der Waals surface area contributed by atoms with Crippen LogP contribution in [0.15, 0.2) is 18.2 Å². The van der Waals surface area contributed by atoms with Gasteiger partial charge in [0.2, 0.25) is 11.8 Å². The Morgan fingerprint density at radius 2 is 1.71 bits per heavy atom. The van der Waals surface area contributed by atoms with E-state index < -0.39 is 11.7 Å². The summed E-state index contributed by atoms with van der Waals surface area (Å²) < 4.78 is 39.8. The molecule has 8 heteroatoms. The summed E-state index contributed by atoms with van der Waals surface area (Å²) in [6.45, 7) is 9.08. The number of rotatable bonds is 6. The molecule has 31 heavy (non-hydrogen) atoms. The van der Waals surface area contributed by atoms with E-state index in [0.29, 0.717) is 24.4 Å². The smallest absolute Gasteiger partial charge is 0.248 e. The molecule has 0 radical (unpaired) electrons. The fraction of sp³-hybridized carbons (Fsp3) is 0.696. The molecule has 4 nitrogen and oxygen atoms in total. The number of likely N-dealkylation sites (tertiary alicyclic amines) is 2. The average Bonchev–Trinajstić information content (AvgIpc) is 2.63. The predicted molar refractivity (Wildman–Crippen MR) is 118 cm³/mol. The van der Waals surface area contributed by atoms with Gasteiger partial charge < -0.3 is 10.2 Å². The van der Waals surface area contributed by atoms with Crippen LogP contribution in [-0.4, -0.2) is 60.9 Å². The van der Waals surface area contributed by atoms with Crippen molar-refractivity contribution in [2.24, 2.45) is 11.3 Å². The van der Waals surface area contributed by atoms with Gasteiger partial charge in [0, 0.05) is 55.1 Å². The van der Waals surface area contributed by atoms with E-state index in [0.717, 1.165) is 39.1 Å². The van der Waals surface area contributed by atoms with Crippen molar-refractivity contribution in [2.75, 3.05) is 44.6 Å². The van der Waals surface area contributed by atoms with E-state index in [-0.39, 0.29) is 35.7 Å². The third kappa shape index (κ3) is 6.59. The Hall–Kier alpha value is -1.31. The summed E-state index contributed by atoms with van der Waals surface area (Å²) in [5, 5.41) is 2.94. The van der Waals surface area contributed by atoms with Crippen molar-refractivity contribution in [2.45, 2.75) is 51.9 Å². The summed E-state index contributed by atoms with van der Waals surface area (Å²) in [6.07, 6.45) is 2.38. The number of carbonyl (C=O) groups is 1. The van der Waals surface area contributed by atoms with E-state index in [9.17, 15) is 18.0 Å². The summed E-state index contributed by atoms with van der Waals surface area (Å²) in [5.74, 6) is -2.66. The maximum atomic E-state index is 13.3. The number of alkyl halides is 2. The quantitative estimate of drug-likeness (QED) is 0.628. The van der Waals surface area contributed by atoms with E-state index in [2.05, 4.69) is 15.1 Å². The molecule has 0 bridgehead atoms. The molecule has 2 aliphatic heterocycles. The number of benzene rings is 1. The van der Waals surface area contributed by atoms with Gasteiger partial charge in [-0.15, -0.1) is 0 Å². The number of anilines is 1. The molecular formula is C23H33ClF3N3O. The Balaban J connectivity index is 0.00000132. The largest absolute Gasteiger partial charge is 0.325 e. The van der Waals surface area contributed by atoms with Crippen LogP contribution >= 0.6 is 11.6 Å². The molecule has 1 aromatic rings. The molecule has 0 aromatic heterocycles. The molecule has 3 aliphatic rings. The minimum absolute atomic E-state index is 0.0421. The monoisotopic (exact) mass is 459 g/mol. The lowest BCUT2D eigenvalue weighted by molar-refractivity contribution is -0.133. The molecule has 1 N–H and O–H groups in total. The Kier molecular flexibility index (Phi) is 7.92. The van der Waals surface area contributed by atoms with Crippen LogP contribution < -0.4 is 5.32 Å². The number of hydrogen-bond donors (Lipinski definition) is 1. The second kappa shape index (κ2) is 10.1. The molecule has 1 amide bonds. The Morgan fingerprint density at radius 3 is 2.32 bits per heavy atom. The molecular weight excluding hydrogens is 427 g/mol. The second-order valence-electron chi connectivity index (χ2n) is 9.15. The minimum atomic E-state index is -2.44. The van der Waals surface area contributed by atoms with Gasteiger partial charge in [0.15, 0.2) is 0 Å². The summed E-state index contributed by atoms with van der Waals surface area (Å²) in [4.78, 5) is 16.7. The molecule has 1 saturated carbocycles. The van der Waals surface area contributed by atoms with Gasteiger partial charge in [0.25, 0.3) is 0 Å². The van der Waals surface area contributed by atoms with E-state index in [1.807, 2.05) is 13.8 Å².